The third kappa shape index (κ3) is 4.70. The molecule has 0 aliphatic carbocycles. The van der Waals surface area contributed by atoms with Gasteiger partial charge in [0.1, 0.15) is 0 Å². The Morgan fingerprint density at radius 2 is 2.00 bits per heavy atom. The van der Waals surface area contributed by atoms with Crippen LogP contribution in [0, 0.1) is 0 Å². The van der Waals surface area contributed by atoms with Crippen LogP contribution in [0.2, 0.25) is 0 Å². The number of unbranched alkanes of at least 4 members (excludes halogenated alkanes) is 2. The Hall–Kier alpha value is -0.978. The number of nitrogens with two attached hydrogens (primary N) is 1. The number of para-hydroxylation sites is 1. The van der Waals surface area contributed by atoms with E-state index in [-0.39, 0.29) is 23.3 Å². The molecule has 3 nitrogen and oxygen atoms in total. The zero-order chi connectivity index (χ0) is 11.1. The Morgan fingerprint density at radius 3 is 2.62 bits per heavy atom. The summed E-state index contributed by atoms with van der Waals surface area (Å²) in [6.45, 7) is 2.58. The number of carbonyl (C=O) groups excluding carboxylic acids is 1. The van der Waals surface area contributed by atoms with Crippen LogP contribution in [0.3, 0.4) is 0 Å². The molecule has 16 heavy (non-hydrogen) atoms. The molecular formula is C12H17CrNO2. The molecule has 0 radical (unpaired) electrons. The number of esters is 1. The van der Waals surface area contributed by atoms with Gasteiger partial charge < -0.3 is 10.5 Å². The van der Waals surface area contributed by atoms with E-state index in [0.717, 1.165) is 19.3 Å². The Labute approximate surface area is 107 Å². The second-order valence-electron chi connectivity index (χ2n) is 3.43. The zero-order valence-corrected chi connectivity index (χ0v) is 10.7. The van der Waals surface area contributed by atoms with Gasteiger partial charge in [0, 0.05) is 23.0 Å². The van der Waals surface area contributed by atoms with Crippen LogP contribution in [0.15, 0.2) is 24.3 Å². The number of hydrogen-bond acceptors (Lipinski definition) is 3. The van der Waals surface area contributed by atoms with Crippen molar-refractivity contribution < 1.29 is 26.9 Å². The van der Waals surface area contributed by atoms with E-state index < -0.39 is 0 Å². The predicted octanol–water partition coefficient (Wildman–Crippen LogP) is 2.61. The molecular weight excluding hydrogens is 242 g/mol. The van der Waals surface area contributed by atoms with E-state index in [9.17, 15) is 4.79 Å². The Bertz CT molecular complexity index is 329. The number of ether oxygens (including phenoxy) is 1. The maximum Gasteiger partial charge on any atom is 0.340 e. The van der Waals surface area contributed by atoms with E-state index in [4.69, 9.17) is 10.5 Å². The molecule has 0 atom stereocenters. The van der Waals surface area contributed by atoms with Gasteiger partial charge in [-0.05, 0) is 18.6 Å². The van der Waals surface area contributed by atoms with Crippen LogP contribution < -0.4 is 5.73 Å². The minimum atomic E-state index is -0.329. The van der Waals surface area contributed by atoms with Crippen LogP contribution in [-0.4, -0.2) is 12.6 Å². The van der Waals surface area contributed by atoms with E-state index >= 15 is 0 Å². The van der Waals surface area contributed by atoms with Crippen molar-refractivity contribution in [2.75, 3.05) is 12.3 Å². The van der Waals surface area contributed by atoms with Gasteiger partial charge in [-0.15, -0.1) is 0 Å². The topological polar surface area (TPSA) is 52.3 Å². The molecule has 2 N–H and O–H groups in total. The number of nitrogen functional groups attached to an aromatic ring is 1. The Morgan fingerprint density at radius 1 is 1.31 bits per heavy atom. The zero-order valence-electron chi connectivity index (χ0n) is 9.44. The summed E-state index contributed by atoms with van der Waals surface area (Å²) in [5, 5.41) is 0. The molecule has 0 saturated carbocycles. The number of benzene rings is 1. The molecule has 1 aromatic rings. The van der Waals surface area contributed by atoms with Gasteiger partial charge in [-0.1, -0.05) is 31.9 Å². The summed E-state index contributed by atoms with van der Waals surface area (Å²) in [4.78, 5) is 11.5. The first-order valence-electron chi connectivity index (χ1n) is 5.27. The van der Waals surface area contributed by atoms with Crippen molar-refractivity contribution in [1.29, 1.82) is 0 Å². The quantitative estimate of drug-likeness (QED) is 0.502. The normalized spacial score (nSPS) is 9.31. The predicted molar refractivity (Wildman–Crippen MR) is 60.7 cm³/mol. The second-order valence-corrected chi connectivity index (χ2v) is 3.43. The average molecular weight is 259 g/mol. The molecule has 4 heteroatoms. The van der Waals surface area contributed by atoms with Crippen LogP contribution in [0.5, 0.6) is 0 Å². The molecule has 88 valence electrons. The molecule has 1 rings (SSSR count). The molecule has 0 aliphatic rings. The van der Waals surface area contributed by atoms with Crippen molar-refractivity contribution in [3.63, 3.8) is 0 Å². The van der Waals surface area contributed by atoms with Gasteiger partial charge in [-0.2, -0.15) is 0 Å². The van der Waals surface area contributed by atoms with E-state index in [2.05, 4.69) is 6.92 Å². The third-order valence-electron chi connectivity index (χ3n) is 2.16. The van der Waals surface area contributed by atoms with Crippen LogP contribution in [0.4, 0.5) is 5.69 Å². The van der Waals surface area contributed by atoms with Gasteiger partial charge in [0.05, 0.1) is 12.2 Å². The smallest absolute Gasteiger partial charge is 0.340 e. The summed E-state index contributed by atoms with van der Waals surface area (Å²) in [7, 11) is 0. The first-order valence-corrected chi connectivity index (χ1v) is 5.27. The largest absolute Gasteiger partial charge is 0.462 e. The maximum absolute atomic E-state index is 11.5. The molecule has 0 saturated heterocycles. The van der Waals surface area contributed by atoms with Crippen molar-refractivity contribution in [3.8, 4) is 0 Å². The van der Waals surface area contributed by atoms with Gasteiger partial charge in [-0.3, -0.25) is 0 Å². The molecule has 0 amide bonds. The summed E-state index contributed by atoms with van der Waals surface area (Å²) in [6.07, 6.45) is 3.11. The third-order valence-corrected chi connectivity index (χ3v) is 2.16. The number of rotatable bonds is 5. The SMILES string of the molecule is CCCCCOC(=O)c1ccccc1N.[Cr]. The van der Waals surface area contributed by atoms with Crippen molar-refractivity contribution >= 4 is 11.7 Å². The number of hydrogen-bond donors (Lipinski definition) is 1. The molecule has 1 aromatic carbocycles. The summed E-state index contributed by atoms with van der Waals surface area (Å²) in [5.74, 6) is -0.329. The van der Waals surface area contributed by atoms with Crippen molar-refractivity contribution in [2.24, 2.45) is 0 Å². The van der Waals surface area contributed by atoms with Crippen molar-refractivity contribution in [2.45, 2.75) is 26.2 Å². The second kappa shape index (κ2) is 8.21. The van der Waals surface area contributed by atoms with E-state index in [1.54, 1.807) is 24.3 Å². The van der Waals surface area contributed by atoms with Gasteiger partial charge in [-0.25, -0.2) is 4.79 Å². The van der Waals surface area contributed by atoms with Gasteiger partial charge in [0.25, 0.3) is 0 Å². The minimum Gasteiger partial charge on any atom is -0.462 e. The van der Waals surface area contributed by atoms with Crippen LogP contribution >= 0.6 is 0 Å². The fourth-order valence-electron chi connectivity index (χ4n) is 1.28. The van der Waals surface area contributed by atoms with Crippen LogP contribution in [0.25, 0.3) is 0 Å². The molecule has 0 fully saturated rings. The molecule has 0 aromatic heterocycles. The number of anilines is 1. The summed E-state index contributed by atoms with van der Waals surface area (Å²) < 4.78 is 5.09. The summed E-state index contributed by atoms with van der Waals surface area (Å²) >= 11 is 0. The monoisotopic (exact) mass is 259 g/mol. The van der Waals surface area contributed by atoms with Gasteiger partial charge in [0.15, 0.2) is 0 Å². The fourth-order valence-corrected chi connectivity index (χ4v) is 1.28. The fraction of sp³-hybridized carbons (Fsp3) is 0.417. The van der Waals surface area contributed by atoms with Crippen LogP contribution in [0.1, 0.15) is 36.5 Å². The first-order chi connectivity index (χ1) is 7.25. The standard InChI is InChI=1S/C12H17NO2.Cr/c1-2-3-6-9-15-12(14)10-7-4-5-8-11(10)13;/h4-5,7-8H,2-3,6,9,13H2,1H3;. The molecule has 0 bridgehead atoms. The van der Waals surface area contributed by atoms with E-state index in [1.165, 1.54) is 0 Å². The van der Waals surface area contributed by atoms with Crippen molar-refractivity contribution in [3.05, 3.63) is 29.8 Å². The minimum absolute atomic E-state index is 0. The molecule has 0 aliphatic heterocycles. The van der Waals surface area contributed by atoms with E-state index in [1.807, 2.05) is 0 Å². The molecule has 0 spiro atoms. The van der Waals surface area contributed by atoms with Crippen molar-refractivity contribution in [1.82, 2.24) is 0 Å². The average Bonchev–Trinajstić information content (AvgIpc) is 2.25. The first kappa shape index (κ1) is 15.0. The Balaban J connectivity index is 0.00000225. The summed E-state index contributed by atoms with van der Waals surface area (Å²) in [5.41, 5.74) is 6.57. The van der Waals surface area contributed by atoms with Gasteiger partial charge >= 0.3 is 5.97 Å². The van der Waals surface area contributed by atoms with Gasteiger partial charge in [0.2, 0.25) is 0 Å². The molecule has 0 heterocycles. The Kier molecular flexibility index (Phi) is 7.71. The van der Waals surface area contributed by atoms with Crippen LogP contribution in [-0.2, 0) is 22.1 Å². The molecule has 0 unspecified atom stereocenters. The summed E-state index contributed by atoms with van der Waals surface area (Å²) in [6, 6.07) is 6.95. The maximum atomic E-state index is 11.5. The van der Waals surface area contributed by atoms with E-state index in [0.29, 0.717) is 17.9 Å². The number of carbonyl (C=O) groups is 1.